The summed E-state index contributed by atoms with van der Waals surface area (Å²) in [6.45, 7) is 2.12. The van der Waals surface area contributed by atoms with Crippen molar-refractivity contribution in [3.63, 3.8) is 0 Å². The van der Waals surface area contributed by atoms with E-state index >= 15 is 0 Å². The highest BCUT2D eigenvalue weighted by Gasteiger charge is 2.28. The molecule has 0 N–H and O–H groups in total. The Hall–Kier alpha value is -2.40. The molecule has 25 heavy (non-hydrogen) atoms. The van der Waals surface area contributed by atoms with E-state index in [1.165, 1.54) is 12.1 Å². The Bertz CT molecular complexity index is 733. The Morgan fingerprint density at radius 3 is 2.68 bits per heavy atom. The summed E-state index contributed by atoms with van der Waals surface area (Å²) in [5.41, 5.74) is 1.98. The molecule has 1 aliphatic rings. The summed E-state index contributed by atoms with van der Waals surface area (Å²) in [6.07, 6.45) is 0.358. The Balaban J connectivity index is 1.69. The van der Waals surface area contributed by atoms with E-state index in [9.17, 15) is 9.18 Å². The molecule has 1 heterocycles. The number of hydrogen-bond donors (Lipinski definition) is 0. The first-order valence-corrected chi connectivity index (χ1v) is 8.43. The van der Waals surface area contributed by atoms with Crippen molar-refractivity contribution in [3.05, 3.63) is 65.5 Å². The maximum atomic E-state index is 13.2. The zero-order chi connectivity index (χ0) is 17.8. The molecular weight excluding hydrogens is 319 g/mol. The molecule has 4 nitrogen and oxygen atoms in total. The van der Waals surface area contributed by atoms with Crippen molar-refractivity contribution in [1.82, 2.24) is 9.80 Å². The minimum Gasteiger partial charge on any atom is -0.497 e. The summed E-state index contributed by atoms with van der Waals surface area (Å²) in [5, 5.41) is 0. The number of likely N-dealkylation sites (N-methyl/N-ethyl adjacent to an activating group) is 1. The summed E-state index contributed by atoms with van der Waals surface area (Å²) in [7, 11) is 3.66. The lowest BCUT2D eigenvalue weighted by Gasteiger charge is -2.39. The molecule has 3 rings (SSSR count). The molecule has 1 unspecified atom stereocenters. The highest BCUT2D eigenvalue weighted by molar-refractivity contribution is 5.79. The van der Waals surface area contributed by atoms with Crippen molar-refractivity contribution in [2.24, 2.45) is 0 Å². The number of amides is 1. The molecule has 1 atom stereocenters. The lowest BCUT2D eigenvalue weighted by atomic mass is 10.0. The quantitative estimate of drug-likeness (QED) is 0.856. The van der Waals surface area contributed by atoms with Gasteiger partial charge in [0, 0.05) is 19.6 Å². The Kier molecular flexibility index (Phi) is 5.34. The molecular formula is C20H23FN2O2. The average Bonchev–Trinajstić information content (AvgIpc) is 2.63. The molecule has 0 saturated carbocycles. The summed E-state index contributed by atoms with van der Waals surface area (Å²) >= 11 is 0. The lowest BCUT2D eigenvalue weighted by molar-refractivity contribution is -0.133. The van der Waals surface area contributed by atoms with E-state index in [1.807, 2.05) is 36.2 Å². The molecule has 0 bridgehead atoms. The van der Waals surface area contributed by atoms with Gasteiger partial charge in [0.25, 0.3) is 0 Å². The van der Waals surface area contributed by atoms with E-state index in [-0.39, 0.29) is 17.8 Å². The monoisotopic (exact) mass is 342 g/mol. The molecule has 132 valence electrons. The van der Waals surface area contributed by atoms with Gasteiger partial charge in [-0.25, -0.2) is 4.39 Å². The smallest absolute Gasteiger partial charge is 0.227 e. The van der Waals surface area contributed by atoms with E-state index in [4.69, 9.17) is 4.74 Å². The van der Waals surface area contributed by atoms with Crippen LogP contribution in [0.15, 0.2) is 48.5 Å². The van der Waals surface area contributed by atoms with Gasteiger partial charge in [0.2, 0.25) is 5.91 Å². The number of carbonyl (C=O) groups excluding carboxylic acids is 1. The third-order valence-electron chi connectivity index (χ3n) is 4.74. The van der Waals surface area contributed by atoms with Crippen molar-refractivity contribution in [1.29, 1.82) is 0 Å². The zero-order valence-electron chi connectivity index (χ0n) is 14.6. The molecule has 1 amide bonds. The largest absolute Gasteiger partial charge is 0.497 e. The van der Waals surface area contributed by atoms with E-state index in [2.05, 4.69) is 4.90 Å². The Morgan fingerprint density at radius 1 is 1.20 bits per heavy atom. The van der Waals surface area contributed by atoms with Crippen LogP contribution in [0.4, 0.5) is 4.39 Å². The van der Waals surface area contributed by atoms with Crippen LogP contribution in [0.5, 0.6) is 5.75 Å². The molecule has 1 saturated heterocycles. The number of ether oxygens (including phenoxy) is 1. The summed E-state index contributed by atoms with van der Waals surface area (Å²) in [6, 6.07) is 14.2. The summed E-state index contributed by atoms with van der Waals surface area (Å²) in [4.78, 5) is 16.8. The van der Waals surface area contributed by atoms with Crippen LogP contribution in [0.2, 0.25) is 0 Å². The highest BCUT2D eigenvalue weighted by atomic mass is 19.1. The van der Waals surface area contributed by atoms with Crippen LogP contribution >= 0.6 is 0 Å². The van der Waals surface area contributed by atoms with Crippen molar-refractivity contribution < 1.29 is 13.9 Å². The van der Waals surface area contributed by atoms with Gasteiger partial charge in [-0.3, -0.25) is 9.69 Å². The van der Waals surface area contributed by atoms with Gasteiger partial charge in [-0.15, -0.1) is 0 Å². The second-order valence-corrected chi connectivity index (χ2v) is 6.42. The van der Waals surface area contributed by atoms with E-state index in [1.54, 1.807) is 19.2 Å². The van der Waals surface area contributed by atoms with Gasteiger partial charge >= 0.3 is 0 Å². The van der Waals surface area contributed by atoms with Gasteiger partial charge in [-0.05, 0) is 42.4 Å². The summed E-state index contributed by atoms with van der Waals surface area (Å²) < 4.78 is 18.4. The number of rotatable bonds is 4. The fourth-order valence-electron chi connectivity index (χ4n) is 3.21. The minimum atomic E-state index is -0.242. The van der Waals surface area contributed by atoms with Crippen molar-refractivity contribution in [3.8, 4) is 5.75 Å². The van der Waals surface area contributed by atoms with Crippen LogP contribution in [0.1, 0.15) is 17.2 Å². The van der Waals surface area contributed by atoms with E-state index in [0.717, 1.165) is 23.4 Å². The molecule has 1 fully saturated rings. The number of halogens is 1. The van der Waals surface area contributed by atoms with Gasteiger partial charge in [-0.2, -0.15) is 0 Å². The van der Waals surface area contributed by atoms with Gasteiger partial charge < -0.3 is 9.64 Å². The predicted octanol–water partition coefficient (Wildman–Crippen LogP) is 2.89. The fourth-order valence-corrected chi connectivity index (χ4v) is 3.21. The number of hydrogen-bond acceptors (Lipinski definition) is 3. The third kappa shape index (κ3) is 4.17. The minimum absolute atomic E-state index is 0.0867. The molecule has 1 aliphatic heterocycles. The van der Waals surface area contributed by atoms with Crippen LogP contribution in [0, 0.1) is 5.82 Å². The Morgan fingerprint density at radius 2 is 1.96 bits per heavy atom. The van der Waals surface area contributed by atoms with E-state index in [0.29, 0.717) is 19.5 Å². The number of piperazine rings is 1. The van der Waals surface area contributed by atoms with Gasteiger partial charge in [0.15, 0.2) is 0 Å². The number of methoxy groups -OCH3 is 1. The van der Waals surface area contributed by atoms with Crippen molar-refractivity contribution in [2.75, 3.05) is 33.8 Å². The van der Waals surface area contributed by atoms with Crippen molar-refractivity contribution >= 4 is 5.91 Å². The average molecular weight is 342 g/mol. The first kappa shape index (κ1) is 17.4. The maximum Gasteiger partial charge on any atom is 0.227 e. The topological polar surface area (TPSA) is 32.8 Å². The maximum absolute atomic E-state index is 13.2. The number of nitrogens with zero attached hydrogens (tertiary/aromatic N) is 2. The molecule has 0 spiro atoms. The van der Waals surface area contributed by atoms with E-state index < -0.39 is 0 Å². The normalized spacial score (nSPS) is 18.2. The lowest BCUT2D eigenvalue weighted by Crippen LogP contribution is -2.49. The van der Waals surface area contributed by atoms with Gasteiger partial charge in [0.05, 0.1) is 19.6 Å². The second kappa shape index (κ2) is 7.66. The van der Waals surface area contributed by atoms with Crippen LogP contribution in [0.25, 0.3) is 0 Å². The molecule has 0 aromatic heterocycles. The Labute approximate surface area is 147 Å². The SMILES string of the molecule is COc1cccc(CC(=O)N2CCN(C)C(c3ccc(F)cc3)C2)c1. The summed E-state index contributed by atoms with van der Waals surface area (Å²) in [5.74, 6) is 0.620. The fraction of sp³-hybridized carbons (Fsp3) is 0.350. The zero-order valence-corrected chi connectivity index (χ0v) is 14.6. The van der Waals surface area contributed by atoms with Crippen LogP contribution < -0.4 is 4.74 Å². The molecule has 0 aliphatic carbocycles. The number of benzene rings is 2. The highest BCUT2D eigenvalue weighted by Crippen LogP contribution is 2.25. The second-order valence-electron chi connectivity index (χ2n) is 6.42. The van der Waals surface area contributed by atoms with Crippen LogP contribution in [-0.4, -0.2) is 49.5 Å². The van der Waals surface area contributed by atoms with Crippen LogP contribution in [0.3, 0.4) is 0 Å². The number of carbonyl (C=O) groups is 1. The molecule has 2 aromatic rings. The first-order chi connectivity index (χ1) is 12.1. The van der Waals surface area contributed by atoms with Crippen molar-refractivity contribution in [2.45, 2.75) is 12.5 Å². The molecule has 5 heteroatoms. The standard InChI is InChI=1S/C20H23FN2O2/c1-22-10-11-23(14-19(22)16-6-8-17(21)9-7-16)20(24)13-15-4-3-5-18(12-15)25-2/h3-9,12,19H,10-11,13-14H2,1-2H3. The van der Waals surface area contributed by atoms with Gasteiger partial charge in [0.1, 0.15) is 11.6 Å². The van der Waals surface area contributed by atoms with Crippen LogP contribution in [-0.2, 0) is 11.2 Å². The third-order valence-corrected chi connectivity index (χ3v) is 4.74. The van der Waals surface area contributed by atoms with Gasteiger partial charge in [-0.1, -0.05) is 24.3 Å². The molecule has 2 aromatic carbocycles. The first-order valence-electron chi connectivity index (χ1n) is 8.43. The predicted molar refractivity (Wildman–Crippen MR) is 95.0 cm³/mol. The molecule has 0 radical (unpaired) electrons.